The van der Waals surface area contributed by atoms with Gasteiger partial charge in [0.1, 0.15) is 11.5 Å². The lowest BCUT2D eigenvalue weighted by molar-refractivity contribution is -0.138. The highest BCUT2D eigenvalue weighted by molar-refractivity contribution is 5.68. The molecule has 0 bridgehead atoms. The van der Waals surface area contributed by atoms with Crippen molar-refractivity contribution in [3.05, 3.63) is 22.7 Å². The van der Waals surface area contributed by atoms with E-state index in [1.54, 1.807) is 27.7 Å². The van der Waals surface area contributed by atoms with E-state index < -0.39 is 0 Å². The second kappa shape index (κ2) is 6.10. The van der Waals surface area contributed by atoms with Gasteiger partial charge in [0.25, 0.3) is 0 Å². The molecule has 4 nitrogen and oxygen atoms in total. The maximum atomic E-state index is 10.8. The summed E-state index contributed by atoms with van der Waals surface area (Å²) in [4.78, 5) is 21.5. The van der Waals surface area contributed by atoms with E-state index in [1.807, 2.05) is 0 Å². The van der Waals surface area contributed by atoms with Crippen molar-refractivity contribution in [2.24, 2.45) is 0 Å². The third kappa shape index (κ3) is 4.77. The Hall–Kier alpha value is -1.58. The predicted octanol–water partition coefficient (Wildman–Crippen LogP) is 2.70. The second-order valence-corrected chi connectivity index (χ2v) is 3.55. The van der Waals surface area contributed by atoms with Gasteiger partial charge in [-0.05, 0) is 38.8 Å². The van der Waals surface area contributed by atoms with E-state index in [0.717, 1.165) is 11.1 Å². The zero-order chi connectivity index (χ0) is 12.9. The van der Waals surface area contributed by atoms with Crippen LogP contribution in [0.25, 0.3) is 0 Å². The van der Waals surface area contributed by atoms with Gasteiger partial charge in [-0.15, -0.1) is 0 Å². The zero-order valence-electron chi connectivity index (χ0n) is 10.6. The summed E-state index contributed by atoms with van der Waals surface area (Å²) in [6.45, 7) is 9.69. The molecule has 0 heterocycles. The van der Waals surface area contributed by atoms with Gasteiger partial charge in [0.15, 0.2) is 0 Å². The SMILES string of the molecule is CC(=O)O/C(C)=C(C)/C(C)=C(\C)OC(C)=O. The van der Waals surface area contributed by atoms with Crippen LogP contribution in [0.1, 0.15) is 41.5 Å². The van der Waals surface area contributed by atoms with E-state index in [9.17, 15) is 9.59 Å². The predicted molar refractivity (Wildman–Crippen MR) is 60.3 cm³/mol. The minimum Gasteiger partial charge on any atom is -0.431 e. The molecule has 0 rings (SSSR count). The molecule has 0 amide bonds. The Balaban J connectivity index is 5.02. The average molecular weight is 226 g/mol. The number of rotatable bonds is 3. The fourth-order valence-electron chi connectivity index (χ4n) is 1.11. The van der Waals surface area contributed by atoms with E-state index in [4.69, 9.17) is 9.47 Å². The Morgan fingerprint density at radius 1 is 0.625 bits per heavy atom. The molecule has 90 valence electrons. The molecule has 0 spiro atoms. The summed E-state index contributed by atoms with van der Waals surface area (Å²) in [7, 11) is 0. The van der Waals surface area contributed by atoms with Crippen LogP contribution < -0.4 is 0 Å². The normalized spacial score (nSPS) is 13.6. The molecule has 0 unspecified atom stereocenters. The van der Waals surface area contributed by atoms with Crippen LogP contribution in [0.5, 0.6) is 0 Å². The summed E-state index contributed by atoms with van der Waals surface area (Å²) in [6.07, 6.45) is 0. The Kier molecular flexibility index (Phi) is 5.50. The van der Waals surface area contributed by atoms with Gasteiger partial charge in [-0.2, -0.15) is 0 Å². The second-order valence-electron chi connectivity index (χ2n) is 3.55. The largest absolute Gasteiger partial charge is 0.431 e. The zero-order valence-corrected chi connectivity index (χ0v) is 10.6. The van der Waals surface area contributed by atoms with Crippen molar-refractivity contribution >= 4 is 11.9 Å². The van der Waals surface area contributed by atoms with Crippen molar-refractivity contribution in [2.75, 3.05) is 0 Å². The molecule has 0 aliphatic rings. The molecule has 0 saturated heterocycles. The first kappa shape index (κ1) is 14.4. The number of esters is 2. The van der Waals surface area contributed by atoms with Gasteiger partial charge >= 0.3 is 11.9 Å². The van der Waals surface area contributed by atoms with Gasteiger partial charge in [-0.25, -0.2) is 0 Å². The van der Waals surface area contributed by atoms with Crippen LogP contribution >= 0.6 is 0 Å². The van der Waals surface area contributed by atoms with Crippen molar-refractivity contribution in [1.82, 2.24) is 0 Å². The maximum Gasteiger partial charge on any atom is 0.307 e. The smallest absolute Gasteiger partial charge is 0.307 e. The first-order valence-corrected chi connectivity index (χ1v) is 4.97. The van der Waals surface area contributed by atoms with Crippen LogP contribution in [0.15, 0.2) is 22.7 Å². The van der Waals surface area contributed by atoms with Crippen molar-refractivity contribution in [3.63, 3.8) is 0 Å². The molecule has 0 saturated carbocycles. The summed E-state index contributed by atoms with van der Waals surface area (Å²) < 4.78 is 9.91. The van der Waals surface area contributed by atoms with Crippen molar-refractivity contribution in [2.45, 2.75) is 41.5 Å². The van der Waals surface area contributed by atoms with Crippen LogP contribution in [0.2, 0.25) is 0 Å². The van der Waals surface area contributed by atoms with Gasteiger partial charge < -0.3 is 9.47 Å². The van der Waals surface area contributed by atoms with E-state index in [0.29, 0.717) is 11.5 Å². The maximum absolute atomic E-state index is 10.8. The topological polar surface area (TPSA) is 52.6 Å². The molecular formula is C12H18O4. The van der Waals surface area contributed by atoms with Gasteiger partial charge in [-0.1, -0.05) is 0 Å². The Morgan fingerprint density at radius 2 is 0.875 bits per heavy atom. The Labute approximate surface area is 95.9 Å². The molecule has 0 aromatic rings. The molecule has 0 atom stereocenters. The fraction of sp³-hybridized carbons (Fsp3) is 0.500. The van der Waals surface area contributed by atoms with E-state index in [2.05, 4.69) is 0 Å². The van der Waals surface area contributed by atoms with Gasteiger partial charge in [0, 0.05) is 13.8 Å². The summed E-state index contributed by atoms with van der Waals surface area (Å²) in [5.41, 5.74) is 1.57. The average Bonchev–Trinajstić information content (AvgIpc) is 2.13. The monoisotopic (exact) mass is 226 g/mol. The number of carbonyl (C=O) groups is 2. The summed E-state index contributed by atoms with van der Waals surface area (Å²) >= 11 is 0. The van der Waals surface area contributed by atoms with Crippen LogP contribution in [0, 0.1) is 0 Å². The Morgan fingerprint density at radius 3 is 1.06 bits per heavy atom. The molecule has 0 aliphatic heterocycles. The summed E-state index contributed by atoms with van der Waals surface area (Å²) in [5, 5.41) is 0. The molecule has 0 radical (unpaired) electrons. The first-order valence-electron chi connectivity index (χ1n) is 4.97. The van der Waals surface area contributed by atoms with Gasteiger partial charge in [0.2, 0.25) is 0 Å². The summed E-state index contributed by atoms with van der Waals surface area (Å²) in [5.74, 6) is 0.289. The molecule has 0 aliphatic carbocycles. The minimum atomic E-state index is -0.366. The highest BCUT2D eigenvalue weighted by Gasteiger charge is 2.08. The molecule has 16 heavy (non-hydrogen) atoms. The van der Waals surface area contributed by atoms with E-state index >= 15 is 0 Å². The van der Waals surface area contributed by atoms with Crippen molar-refractivity contribution in [3.8, 4) is 0 Å². The van der Waals surface area contributed by atoms with Crippen molar-refractivity contribution in [1.29, 1.82) is 0 Å². The number of hydrogen-bond donors (Lipinski definition) is 0. The third-order valence-electron chi connectivity index (χ3n) is 2.21. The lowest BCUT2D eigenvalue weighted by atomic mass is 10.1. The quantitative estimate of drug-likeness (QED) is 0.422. The highest BCUT2D eigenvalue weighted by Crippen LogP contribution is 2.19. The molecule has 0 aromatic heterocycles. The molecular weight excluding hydrogens is 208 g/mol. The lowest BCUT2D eigenvalue weighted by Crippen LogP contribution is -2.02. The van der Waals surface area contributed by atoms with Gasteiger partial charge in [0.05, 0.1) is 0 Å². The van der Waals surface area contributed by atoms with Gasteiger partial charge in [-0.3, -0.25) is 9.59 Å². The minimum absolute atomic E-state index is 0.366. The van der Waals surface area contributed by atoms with Crippen LogP contribution in [0.4, 0.5) is 0 Å². The number of carbonyl (C=O) groups excluding carboxylic acids is 2. The standard InChI is InChI=1S/C12H18O4/c1-7(9(3)15-11(5)13)8(2)10(4)16-12(6)14/h1-6H3/b9-7+,10-8+. The molecule has 4 heteroatoms. The number of ether oxygens (including phenoxy) is 2. The third-order valence-corrected chi connectivity index (χ3v) is 2.21. The highest BCUT2D eigenvalue weighted by atomic mass is 16.5. The van der Waals surface area contributed by atoms with Crippen LogP contribution in [-0.4, -0.2) is 11.9 Å². The van der Waals surface area contributed by atoms with E-state index in [1.165, 1.54) is 13.8 Å². The number of hydrogen-bond acceptors (Lipinski definition) is 4. The van der Waals surface area contributed by atoms with E-state index in [-0.39, 0.29) is 11.9 Å². The fourth-order valence-corrected chi connectivity index (χ4v) is 1.11. The van der Waals surface area contributed by atoms with Crippen LogP contribution in [0.3, 0.4) is 0 Å². The Bertz CT molecular complexity index is 325. The number of allylic oxidation sites excluding steroid dienone is 4. The van der Waals surface area contributed by atoms with Crippen molar-refractivity contribution < 1.29 is 19.1 Å². The molecule has 0 N–H and O–H groups in total. The summed E-state index contributed by atoms with van der Waals surface area (Å²) in [6, 6.07) is 0. The molecule has 0 aromatic carbocycles. The first-order chi connectivity index (χ1) is 7.25. The van der Waals surface area contributed by atoms with Crippen LogP contribution in [-0.2, 0) is 19.1 Å². The molecule has 0 fully saturated rings. The lowest BCUT2D eigenvalue weighted by Gasteiger charge is -2.11.